The first-order chi connectivity index (χ1) is 16.4. The monoisotopic (exact) mass is 491 g/mol. The van der Waals surface area contributed by atoms with Gasteiger partial charge in [0, 0.05) is 35.7 Å². The van der Waals surface area contributed by atoms with Crippen molar-refractivity contribution in [1.29, 1.82) is 0 Å². The van der Waals surface area contributed by atoms with Gasteiger partial charge >= 0.3 is 5.92 Å². The topological polar surface area (TPSA) is 78.0 Å². The number of rotatable bonds is 5. The van der Waals surface area contributed by atoms with E-state index in [9.17, 15) is 28.0 Å². The molecule has 2 heterocycles. The van der Waals surface area contributed by atoms with Crippen molar-refractivity contribution in [1.82, 2.24) is 14.5 Å². The van der Waals surface area contributed by atoms with Gasteiger partial charge in [-0.2, -0.15) is 8.78 Å². The number of halogens is 3. The number of alkyl halides is 2. The predicted molar refractivity (Wildman–Crippen MR) is 123 cm³/mol. The summed E-state index contributed by atoms with van der Waals surface area (Å²) < 4.78 is 29.3. The average molecular weight is 491 g/mol. The van der Waals surface area contributed by atoms with Crippen LogP contribution in [0.2, 0.25) is 10.8 Å². The quantitative estimate of drug-likeness (QED) is 0.471. The molecule has 0 saturated carbocycles. The van der Waals surface area contributed by atoms with Crippen LogP contribution in [0.25, 0.3) is 0 Å². The van der Waals surface area contributed by atoms with Crippen LogP contribution in [0, 0.1) is 0 Å². The maximum Gasteiger partial charge on any atom is 0.348 e. The fourth-order valence-electron chi connectivity index (χ4n) is 4.18. The minimum Gasteiger partial charge on any atom is -0.387 e. The lowest BCUT2D eigenvalue weighted by atomic mass is 9.73. The summed E-state index contributed by atoms with van der Waals surface area (Å²) in [6.07, 6.45) is -0.204. The van der Waals surface area contributed by atoms with E-state index in [4.69, 9.17) is 35.4 Å². The third kappa shape index (κ3) is 4.47. The van der Waals surface area contributed by atoms with E-state index >= 15 is 0 Å². The molecule has 7 nitrogen and oxygen atoms in total. The first-order valence-corrected chi connectivity index (χ1v) is 10.8. The number of hydrogen-bond donors (Lipinski definition) is 0. The second kappa shape index (κ2) is 9.15. The minimum atomic E-state index is -3.88. The van der Waals surface area contributed by atoms with E-state index in [-0.39, 0.29) is 30.1 Å². The van der Waals surface area contributed by atoms with Crippen LogP contribution in [0.15, 0.2) is 42.5 Å². The second-order valence-electron chi connectivity index (χ2n) is 8.35. The van der Waals surface area contributed by atoms with E-state index in [2.05, 4.69) is 0 Å². The summed E-state index contributed by atoms with van der Waals surface area (Å²) in [5.41, 5.74) is 0.586. The molecule has 6 radical (unpaired) electrons. The van der Waals surface area contributed by atoms with Crippen LogP contribution in [0.3, 0.4) is 0 Å². The minimum absolute atomic E-state index is 0.0202. The van der Waals surface area contributed by atoms with E-state index in [1.165, 1.54) is 35.2 Å². The molecule has 2 unspecified atom stereocenters. The first kappa shape index (κ1) is 25.0. The summed E-state index contributed by atoms with van der Waals surface area (Å²) >= 11 is 5.72. The van der Waals surface area contributed by atoms with Gasteiger partial charge < -0.3 is 14.5 Å². The zero-order chi connectivity index (χ0) is 25.7. The van der Waals surface area contributed by atoms with Crippen molar-refractivity contribution in [3.05, 3.63) is 69.7 Å². The smallest absolute Gasteiger partial charge is 0.348 e. The highest BCUT2D eigenvalue weighted by molar-refractivity contribution is 6.31. The Morgan fingerprint density at radius 2 is 1.80 bits per heavy atom. The Morgan fingerprint density at radius 1 is 1.14 bits per heavy atom. The molecule has 35 heavy (non-hydrogen) atoms. The van der Waals surface area contributed by atoms with Crippen LogP contribution in [0.4, 0.5) is 8.78 Å². The largest absolute Gasteiger partial charge is 0.387 e. The summed E-state index contributed by atoms with van der Waals surface area (Å²) in [4.78, 5) is 51.6. The van der Waals surface area contributed by atoms with Crippen molar-refractivity contribution in [2.45, 2.75) is 37.3 Å². The van der Waals surface area contributed by atoms with Crippen molar-refractivity contribution < 1.29 is 28.0 Å². The number of carbonyl (C=O) groups is 4. The molecule has 1 fully saturated rings. The third-order valence-corrected chi connectivity index (χ3v) is 6.25. The molecule has 2 atom stereocenters. The molecule has 2 aliphatic heterocycles. The molecule has 2 aromatic rings. The molecular weight excluding hydrogens is 476 g/mol. The van der Waals surface area contributed by atoms with Crippen LogP contribution < -0.4 is 0 Å². The Balaban J connectivity index is 1.50. The van der Waals surface area contributed by atoms with Crippen LogP contribution in [-0.2, 0) is 33.4 Å². The summed E-state index contributed by atoms with van der Waals surface area (Å²) in [5.74, 6) is -8.36. The van der Waals surface area contributed by atoms with Gasteiger partial charge in [-0.1, -0.05) is 35.9 Å². The Hall–Kier alpha value is -3.14. The predicted octanol–water partition coefficient (Wildman–Crippen LogP) is 1.67. The molecule has 2 aromatic carbocycles. The zero-order valence-corrected chi connectivity index (χ0v) is 18.9. The van der Waals surface area contributed by atoms with Crippen LogP contribution in [0.5, 0.6) is 0 Å². The number of amides is 4. The first-order valence-electron chi connectivity index (χ1n) is 10.4. The molecule has 0 N–H and O–H groups in total. The molecule has 4 rings (SSSR count). The molecule has 0 aromatic heterocycles. The van der Waals surface area contributed by atoms with E-state index in [1.54, 1.807) is 0 Å². The summed E-state index contributed by atoms with van der Waals surface area (Å²) in [7, 11) is 17.1. The Labute approximate surface area is 208 Å². The lowest BCUT2D eigenvalue weighted by molar-refractivity contribution is -0.154. The van der Waals surface area contributed by atoms with Gasteiger partial charge in [0.1, 0.15) is 6.04 Å². The lowest BCUT2D eigenvalue weighted by Crippen LogP contribution is -2.56. The fourth-order valence-corrected chi connectivity index (χ4v) is 4.30. The number of nitrogens with zero attached hydrogens (tertiary/aromatic N) is 3. The van der Waals surface area contributed by atoms with Crippen molar-refractivity contribution in [2.24, 2.45) is 0 Å². The normalized spacial score (nSPS) is 20.3. The van der Waals surface area contributed by atoms with E-state index < -0.39 is 47.0 Å². The SMILES string of the molecule is [B]C1CC(=O)N([B])C(=O)C1N1Cc2cc(CN([B])C(=O)C(F)(F)c3ccc(Cl)cc3)ccc2C1=O. The number of imide groups is 1. The molecule has 172 valence electrons. The number of carbonyl (C=O) groups excluding carboxylic acids is 4. The molecule has 0 bridgehead atoms. The van der Waals surface area contributed by atoms with Gasteiger partial charge in [-0.25, -0.2) is 0 Å². The van der Waals surface area contributed by atoms with Crippen LogP contribution in [-0.4, -0.2) is 68.0 Å². The molecule has 13 heteroatoms. The number of hydrogen-bond acceptors (Lipinski definition) is 4. The van der Waals surface area contributed by atoms with Gasteiger partial charge in [-0.15, -0.1) is 0 Å². The van der Waals surface area contributed by atoms with Gasteiger partial charge in [-0.3, -0.25) is 19.2 Å². The summed E-state index contributed by atoms with van der Waals surface area (Å²) in [5, 5.41) is 0.241. The zero-order valence-electron chi connectivity index (χ0n) is 18.2. The Morgan fingerprint density at radius 3 is 2.46 bits per heavy atom. The van der Waals surface area contributed by atoms with Gasteiger partial charge in [0.15, 0.2) is 0 Å². The van der Waals surface area contributed by atoms with Crippen LogP contribution >= 0.6 is 11.6 Å². The molecule has 2 aliphatic rings. The molecule has 0 spiro atoms. The van der Waals surface area contributed by atoms with Gasteiger partial charge in [0.25, 0.3) is 11.8 Å². The highest BCUT2D eigenvalue weighted by atomic mass is 35.5. The summed E-state index contributed by atoms with van der Waals surface area (Å²) in [6, 6.07) is 7.88. The van der Waals surface area contributed by atoms with Gasteiger partial charge in [0.2, 0.25) is 27.8 Å². The second-order valence-corrected chi connectivity index (χ2v) is 8.79. The molecule has 0 aliphatic carbocycles. The van der Waals surface area contributed by atoms with Crippen molar-refractivity contribution in [3.8, 4) is 0 Å². The Bertz CT molecular complexity index is 1230. The van der Waals surface area contributed by atoms with E-state index in [1.807, 2.05) is 0 Å². The molecule has 4 amide bonds. The molecule has 1 saturated heterocycles. The number of piperidine rings is 1. The Kier molecular flexibility index (Phi) is 6.53. The highest BCUT2D eigenvalue weighted by Crippen LogP contribution is 2.34. The maximum atomic E-state index is 14.6. The lowest BCUT2D eigenvalue weighted by Gasteiger charge is -2.38. The van der Waals surface area contributed by atoms with Crippen molar-refractivity contribution in [2.75, 3.05) is 0 Å². The van der Waals surface area contributed by atoms with Gasteiger partial charge in [0.05, 0.1) is 7.85 Å². The van der Waals surface area contributed by atoms with E-state index in [0.29, 0.717) is 20.7 Å². The average Bonchev–Trinajstić information content (AvgIpc) is 3.12. The highest BCUT2D eigenvalue weighted by Gasteiger charge is 2.45. The third-order valence-electron chi connectivity index (χ3n) is 6.00. The van der Waals surface area contributed by atoms with Crippen molar-refractivity contribution in [3.63, 3.8) is 0 Å². The number of benzene rings is 2. The fraction of sp³-hybridized carbons (Fsp3) is 0.273. The van der Waals surface area contributed by atoms with Crippen molar-refractivity contribution >= 4 is 59.0 Å². The van der Waals surface area contributed by atoms with Gasteiger partial charge in [-0.05, 0) is 35.1 Å². The maximum absolute atomic E-state index is 14.6. The summed E-state index contributed by atoms with van der Waals surface area (Å²) in [6.45, 7) is -0.385. The standard InChI is InChI=1S/C22H15B3ClF2N3O4/c23-16-8-17(32)31(25)20(34)18(16)29-10-12-7-11(1-6-15(12)19(29)33)9-30(24)21(35)22(27,28)13-2-4-14(26)5-3-13/h1-7,16,18H,8-10H2. The van der Waals surface area contributed by atoms with Crippen LogP contribution in [0.1, 0.15) is 33.5 Å². The molecular formula is C22H15B3ClF2N3O4. The number of fused-ring (bicyclic) bond motifs is 1. The van der Waals surface area contributed by atoms with E-state index in [0.717, 1.165) is 12.1 Å².